The van der Waals surface area contributed by atoms with E-state index in [1.807, 2.05) is 11.8 Å². The van der Waals surface area contributed by atoms with Crippen LogP contribution in [0.15, 0.2) is 0 Å². The van der Waals surface area contributed by atoms with E-state index in [0.29, 0.717) is 19.5 Å². The molecule has 1 aliphatic heterocycles. The Labute approximate surface area is 77.5 Å². The minimum absolute atomic E-state index is 0.0180. The molecule has 2 unspecified atom stereocenters. The molecular formula is C9H15NO3. The Balaban J connectivity index is 2.55. The van der Waals surface area contributed by atoms with Crippen molar-refractivity contribution in [3.05, 3.63) is 0 Å². The van der Waals surface area contributed by atoms with E-state index in [9.17, 15) is 9.59 Å². The molecule has 74 valence electrons. The van der Waals surface area contributed by atoms with Gasteiger partial charge in [0.25, 0.3) is 0 Å². The Morgan fingerprint density at radius 3 is 2.77 bits per heavy atom. The standard InChI is InChI=1S/C9H15NO3/c1-6-5-10(4-3-8(6)11)7(2)9(12)13/h6-7H,3-5H2,1-2H3,(H,12,13). The van der Waals surface area contributed by atoms with Crippen molar-refractivity contribution in [2.75, 3.05) is 13.1 Å². The third-order valence-electron chi connectivity index (χ3n) is 2.61. The smallest absolute Gasteiger partial charge is 0.320 e. The third-order valence-corrected chi connectivity index (χ3v) is 2.61. The van der Waals surface area contributed by atoms with Gasteiger partial charge >= 0.3 is 5.97 Å². The Kier molecular flexibility index (Phi) is 3.03. The molecule has 0 aliphatic carbocycles. The van der Waals surface area contributed by atoms with Crippen LogP contribution in [0.5, 0.6) is 0 Å². The first-order valence-electron chi connectivity index (χ1n) is 4.52. The van der Waals surface area contributed by atoms with Crippen LogP contribution in [-0.4, -0.2) is 40.9 Å². The van der Waals surface area contributed by atoms with Crippen molar-refractivity contribution in [1.82, 2.24) is 4.90 Å². The quantitative estimate of drug-likeness (QED) is 0.675. The van der Waals surface area contributed by atoms with Crippen molar-refractivity contribution in [2.24, 2.45) is 5.92 Å². The Hall–Kier alpha value is -0.900. The predicted octanol–water partition coefficient (Wildman–Crippen LogP) is 0.370. The number of Topliss-reactive ketones (excluding diaryl/α,β-unsaturated/α-hetero) is 1. The van der Waals surface area contributed by atoms with Crippen LogP contribution in [0.25, 0.3) is 0 Å². The molecule has 1 N–H and O–H groups in total. The van der Waals surface area contributed by atoms with E-state index in [1.165, 1.54) is 0 Å². The van der Waals surface area contributed by atoms with Crippen LogP contribution in [0.3, 0.4) is 0 Å². The maximum absolute atomic E-state index is 11.2. The zero-order valence-corrected chi connectivity index (χ0v) is 7.99. The molecule has 1 fully saturated rings. The molecular weight excluding hydrogens is 170 g/mol. The highest BCUT2D eigenvalue weighted by Crippen LogP contribution is 2.14. The van der Waals surface area contributed by atoms with Gasteiger partial charge in [-0.05, 0) is 6.92 Å². The monoisotopic (exact) mass is 185 g/mol. The number of carboxylic acids is 1. The molecule has 2 atom stereocenters. The highest BCUT2D eigenvalue weighted by Gasteiger charge is 2.29. The van der Waals surface area contributed by atoms with Crippen molar-refractivity contribution in [2.45, 2.75) is 26.3 Å². The first kappa shape index (κ1) is 10.2. The van der Waals surface area contributed by atoms with Crippen LogP contribution < -0.4 is 0 Å². The highest BCUT2D eigenvalue weighted by molar-refractivity contribution is 5.82. The lowest BCUT2D eigenvalue weighted by molar-refractivity contribution is -0.145. The SMILES string of the molecule is CC1CN(C(C)C(=O)O)CCC1=O. The van der Waals surface area contributed by atoms with Crippen LogP contribution >= 0.6 is 0 Å². The summed E-state index contributed by atoms with van der Waals surface area (Å²) in [4.78, 5) is 23.7. The number of hydrogen-bond acceptors (Lipinski definition) is 3. The number of aliphatic carboxylic acids is 1. The lowest BCUT2D eigenvalue weighted by Gasteiger charge is -2.32. The molecule has 4 nitrogen and oxygen atoms in total. The van der Waals surface area contributed by atoms with Crippen molar-refractivity contribution in [3.8, 4) is 0 Å². The molecule has 0 aromatic heterocycles. The fraction of sp³-hybridized carbons (Fsp3) is 0.778. The second-order valence-corrected chi connectivity index (χ2v) is 3.63. The van der Waals surface area contributed by atoms with Crippen LogP contribution in [-0.2, 0) is 9.59 Å². The largest absolute Gasteiger partial charge is 0.480 e. The molecule has 0 spiro atoms. The summed E-state index contributed by atoms with van der Waals surface area (Å²) in [5.74, 6) is -0.592. The summed E-state index contributed by atoms with van der Waals surface area (Å²) in [5.41, 5.74) is 0. The van der Waals surface area contributed by atoms with Crippen LogP contribution in [0.1, 0.15) is 20.3 Å². The second-order valence-electron chi connectivity index (χ2n) is 3.63. The number of ketones is 1. The maximum Gasteiger partial charge on any atom is 0.320 e. The Bertz CT molecular complexity index is 227. The van der Waals surface area contributed by atoms with Crippen LogP contribution in [0, 0.1) is 5.92 Å². The van der Waals surface area contributed by atoms with Gasteiger partial charge in [-0.3, -0.25) is 14.5 Å². The molecule has 1 rings (SSSR count). The van der Waals surface area contributed by atoms with Gasteiger partial charge < -0.3 is 5.11 Å². The van der Waals surface area contributed by atoms with Gasteiger partial charge in [-0.1, -0.05) is 6.92 Å². The number of rotatable bonds is 2. The number of likely N-dealkylation sites (tertiary alicyclic amines) is 1. The molecule has 1 aliphatic rings. The number of nitrogens with zero attached hydrogens (tertiary/aromatic N) is 1. The number of piperidine rings is 1. The van der Waals surface area contributed by atoms with Gasteiger partial charge in [-0.15, -0.1) is 0 Å². The molecule has 0 amide bonds. The Morgan fingerprint density at radius 2 is 2.31 bits per heavy atom. The van der Waals surface area contributed by atoms with Crippen molar-refractivity contribution in [3.63, 3.8) is 0 Å². The average Bonchev–Trinajstić information content (AvgIpc) is 2.08. The number of carbonyl (C=O) groups is 2. The van der Waals surface area contributed by atoms with Gasteiger partial charge in [0.2, 0.25) is 0 Å². The van der Waals surface area contributed by atoms with Gasteiger partial charge in [0, 0.05) is 25.4 Å². The molecule has 0 aromatic carbocycles. The first-order valence-corrected chi connectivity index (χ1v) is 4.52. The minimum atomic E-state index is -0.818. The van der Waals surface area contributed by atoms with Crippen LogP contribution in [0.4, 0.5) is 0 Å². The van der Waals surface area contributed by atoms with Gasteiger partial charge in [-0.25, -0.2) is 0 Å². The van der Waals surface area contributed by atoms with E-state index >= 15 is 0 Å². The van der Waals surface area contributed by atoms with Gasteiger partial charge in [0.15, 0.2) is 0 Å². The normalized spacial score (nSPS) is 27.2. The molecule has 1 heterocycles. The minimum Gasteiger partial charge on any atom is -0.480 e. The van der Waals surface area contributed by atoms with Crippen molar-refractivity contribution in [1.29, 1.82) is 0 Å². The number of carboxylic acid groups (broad SMARTS) is 1. The fourth-order valence-electron chi connectivity index (χ4n) is 1.55. The summed E-state index contributed by atoms with van der Waals surface area (Å²) in [7, 11) is 0. The van der Waals surface area contributed by atoms with E-state index < -0.39 is 12.0 Å². The van der Waals surface area contributed by atoms with E-state index in [1.54, 1.807) is 6.92 Å². The van der Waals surface area contributed by atoms with E-state index in [2.05, 4.69) is 0 Å². The van der Waals surface area contributed by atoms with Gasteiger partial charge in [0.1, 0.15) is 11.8 Å². The van der Waals surface area contributed by atoms with Gasteiger partial charge in [0.05, 0.1) is 0 Å². The second kappa shape index (κ2) is 3.87. The summed E-state index contributed by atoms with van der Waals surface area (Å²) < 4.78 is 0. The molecule has 0 aromatic rings. The number of carbonyl (C=O) groups excluding carboxylic acids is 1. The van der Waals surface area contributed by atoms with Gasteiger partial charge in [-0.2, -0.15) is 0 Å². The summed E-state index contributed by atoms with van der Waals surface area (Å²) >= 11 is 0. The zero-order valence-electron chi connectivity index (χ0n) is 7.99. The molecule has 13 heavy (non-hydrogen) atoms. The van der Waals surface area contributed by atoms with E-state index in [4.69, 9.17) is 5.11 Å². The molecule has 1 saturated heterocycles. The van der Waals surface area contributed by atoms with Crippen molar-refractivity contribution >= 4 is 11.8 Å². The molecule has 0 bridgehead atoms. The topological polar surface area (TPSA) is 57.6 Å². The molecule has 4 heteroatoms. The zero-order chi connectivity index (χ0) is 10.0. The lowest BCUT2D eigenvalue weighted by Crippen LogP contribution is -2.47. The Morgan fingerprint density at radius 1 is 1.69 bits per heavy atom. The molecule has 0 saturated carbocycles. The van der Waals surface area contributed by atoms with Crippen LogP contribution in [0.2, 0.25) is 0 Å². The summed E-state index contributed by atoms with van der Waals surface area (Å²) in [6.45, 7) is 4.66. The summed E-state index contributed by atoms with van der Waals surface area (Å²) in [6, 6.07) is -0.476. The fourth-order valence-corrected chi connectivity index (χ4v) is 1.55. The summed E-state index contributed by atoms with van der Waals surface area (Å²) in [6.07, 6.45) is 0.485. The maximum atomic E-state index is 11.2. The first-order chi connectivity index (χ1) is 6.02. The average molecular weight is 185 g/mol. The predicted molar refractivity (Wildman–Crippen MR) is 47.5 cm³/mol. The highest BCUT2D eigenvalue weighted by atomic mass is 16.4. The lowest BCUT2D eigenvalue weighted by atomic mass is 9.97. The van der Waals surface area contributed by atoms with E-state index in [0.717, 1.165) is 0 Å². The number of hydrogen-bond donors (Lipinski definition) is 1. The molecule has 0 radical (unpaired) electrons. The van der Waals surface area contributed by atoms with E-state index in [-0.39, 0.29) is 11.7 Å². The third kappa shape index (κ3) is 2.28. The summed E-state index contributed by atoms with van der Waals surface area (Å²) in [5, 5.41) is 8.76. The van der Waals surface area contributed by atoms with Crippen molar-refractivity contribution < 1.29 is 14.7 Å².